The summed E-state index contributed by atoms with van der Waals surface area (Å²) < 4.78 is 36.9. The lowest BCUT2D eigenvalue weighted by Gasteiger charge is -2.49. The molecular formula is C28H25F2N3O3. The Labute approximate surface area is 207 Å². The molecule has 184 valence electrons. The second-order valence-electron chi connectivity index (χ2n) is 9.54. The van der Waals surface area contributed by atoms with Crippen molar-refractivity contribution in [2.45, 2.75) is 31.7 Å². The molecule has 0 spiro atoms. The van der Waals surface area contributed by atoms with Crippen molar-refractivity contribution in [2.75, 3.05) is 25.3 Å². The fraction of sp³-hybridized carbons (Fsp3) is 0.286. The highest BCUT2D eigenvalue weighted by atomic mass is 19.1. The van der Waals surface area contributed by atoms with Gasteiger partial charge in [0.2, 0.25) is 5.43 Å². The van der Waals surface area contributed by atoms with Gasteiger partial charge in [-0.3, -0.25) is 19.3 Å². The van der Waals surface area contributed by atoms with Crippen LogP contribution in [0, 0.1) is 11.6 Å². The standard InChI is InChI=1S/C28H25F2N3O3/c1-3-4-11-36-26-24(34)9-10-32-25(26)27(35)31(2)16-33(32)28-19(12-17-5-7-20(29)14-22(17)28)13-18-6-8-21(30)15-23(18)28/h5-10,12,14-15H,3-4,11,13,16H2,1-2H3. The number of aromatic nitrogens is 1. The van der Waals surface area contributed by atoms with Crippen molar-refractivity contribution in [2.24, 2.45) is 0 Å². The number of hydrogen-bond acceptors (Lipinski definition) is 4. The number of fused-ring (bicyclic) bond motifs is 6. The van der Waals surface area contributed by atoms with Gasteiger partial charge in [0.05, 0.1) is 6.61 Å². The highest BCUT2D eigenvalue weighted by molar-refractivity contribution is 5.96. The number of hydrogen-bond donors (Lipinski definition) is 0. The van der Waals surface area contributed by atoms with Gasteiger partial charge in [-0.1, -0.05) is 31.6 Å². The molecule has 3 aliphatic rings. The minimum Gasteiger partial charge on any atom is -0.487 e. The van der Waals surface area contributed by atoms with Gasteiger partial charge < -0.3 is 9.64 Å². The molecule has 1 aromatic heterocycles. The lowest BCUT2D eigenvalue weighted by molar-refractivity contribution is 0.0713. The van der Waals surface area contributed by atoms with E-state index in [-0.39, 0.29) is 29.4 Å². The summed E-state index contributed by atoms with van der Waals surface area (Å²) in [5, 5.41) is 1.91. The average Bonchev–Trinajstić information content (AvgIpc) is 3.33. The highest BCUT2D eigenvalue weighted by Crippen LogP contribution is 2.55. The van der Waals surface area contributed by atoms with Crippen LogP contribution in [0.2, 0.25) is 0 Å². The molecule has 0 bridgehead atoms. The summed E-state index contributed by atoms with van der Waals surface area (Å²) in [7, 11) is 1.65. The van der Waals surface area contributed by atoms with E-state index in [1.807, 2.05) is 18.0 Å². The van der Waals surface area contributed by atoms with Crippen LogP contribution in [0.4, 0.5) is 8.78 Å². The second-order valence-corrected chi connectivity index (χ2v) is 9.54. The topological polar surface area (TPSA) is 54.8 Å². The molecule has 0 radical (unpaired) electrons. The van der Waals surface area contributed by atoms with E-state index in [1.54, 1.807) is 30.1 Å². The zero-order valence-electron chi connectivity index (χ0n) is 20.1. The van der Waals surface area contributed by atoms with Crippen molar-refractivity contribution >= 4 is 12.0 Å². The molecule has 0 saturated carbocycles. The molecule has 1 aliphatic heterocycles. The van der Waals surface area contributed by atoms with Gasteiger partial charge in [-0.2, -0.15) is 0 Å². The number of halogens is 2. The number of carbonyl (C=O) groups excluding carboxylic acids is 1. The van der Waals surface area contributed by atoms with Gasteiger partial charge in [0, 0.05) is 19.3 Å². The number of rotatable bonds is 5. The fourth-order valence-corrected chi connectivity index (χ4v) is 5.76. The van der Waals surface area contributed by atoms with Gasteiger partial charge in [0.15, 0.2) is 11.4 Å². The predicted octanol–water partition coefficient (Wildman–Crippen LogP) is 4.18. The van der Waals surface area contributed by atoms with E-state index in [9.17, 15) is 18.4 Å². The molecule has 0 saturated heterocycles. The molecule has 2 aliphatic carbocycles. The van der Waals surface area contributed by atoms with Crippen LogP contribution >= 0.6 is 0 Å². The van der Waals surface area contributed by atoms with Gasteiger partial charge in [0.25, 0.3) is 5.91 Å². The molecule has 3 aromatic rings. The first-order chi connectivity index (χ1) is 17.4. The summed E-state index contributed by atoms with van der Waals surface area (Å²) >= 11 is 0. The fourth-order valence-electron chi connectivity index (χ4n) is 5.76. The molecule has 1 amide bonds. The second kappa shape index (κ2) is 8.05. The van der Waals surface area contributed by atoms with Crippen molar-refractivity contribution in [1.29, 1.82) is 0 Å². The maximum absolute atomic E-state index is 14.7. The zero-order valence-corrected chi connectivity index (χ0v) is 20.1. The van der Waals surface area contributed by atoms with E-state index < -0.39 is 17.2 Å². The maximum Gasteiger partial charge on any atom is 0.277 e. The van der Waals surface area contributed by atoms with Gasteiger partial charge in [0.1, 0.15) is 23.8 Å². The number of ether oxygens (including phenoxy) is 1. The highest BCUT2D eigenvalue weighted by Gasteiger charge is 2.55. The number of pyridine rings is 1. The Balaban J connectivity index is 1.64. The summed E-state index contributed by atoms with van der Waals surface area (Å²) in [6.07, 6.45) is 5.73. The smallest absolute Gasteiger partial charge is 0.277 e. The van der Waals surface area contributed by atoms with E-state index in [1.165, 1.54) is 35.2 Å². The lowest BCUT2D eigenvalue weighted by Crippen LogP contribution is -2.61. The Morgan fingerprint density at radius 1 is 1.03 bits per heavy atom. The Kier molecular flexibility index (Phi) is 5.03. The Morgan fingerprint density at radius 2 is 1.78 bits per heavy atom. The number of nitrogens with zero attached hydrogens (tertiary/aromatic N) is 3. The van der Waals surface area contributed by atoms with Crippen molar-refractivity contribution in [3.63, 3.8) is 0 Å². The van der Waals surface area contributed by atoms with Crippen molar-refractivity contribution in [1.82, 2.24) is 9.58 Å². The first-order valence-corrected chi connectivity index (χ1v) is 12.1. The molecule has 6 rings (SSSR count). The number of benzene rings is 2. The van der Waals surface area contributed by atoms with Gasteiger partial charge in [-0.25, -0.2) is 8.78 Å². The molecular weight excluding hydrogens is 464 g/mol. The van der Waals surface area contributed by atoms with E-state index in [0.717, 1.165) is 29.5 Å². The van der Waals surface area contributed by atoms with Crippen LogP contribution in [0.25, 0.3) is 6.08 Å². The molecule has 2 aromatic carbocycles. The Morgan fingerprint density at radius 3 is 2.56 bits per heavy atom. The van der Waals surface area contributed by atoms with Gasteiger partial charge >= 0.3 is 0 Å². The molecule has 8 heteroatoms. The third-order valence-electron chi connectivity index (χ3n) is 7.36. The molecule has 6 nitrogen and oxygen atoms in total. The minimum atomic E-state index is -1.06. The van der Waals surface area contributed by atoms with Crippen LogP contribution in [-0.4, -0.2) is 35.8 Å². The summed E-state index contributed by atoms with van der Waals surface area (Å²) in [6.45, 7) is 2.45. The van der Waals surface area contributed by atoms with E-state index in [4.69, 9.17) is 4.74 Å². The van der Waals surface area contributed by atoms with Crippen LogP contribution in [0.15, 0.2) is 59.0 Å². The monoisotopic (exact) mass is 489 g/mol. The molecule has 1 unspecified atom stereocenters. The van der Waals surface area contributed by atoms with Crippen molar-refractivity contribution < 1.29 is 18.3 Å². The third-order valence-corrected chi connectivity index (χ3v) is 7.36. The molecule has 2 heterocycles. The van der Waals surface area contributed by atoms with Crippen LogP contribution in [0.3, 0.4) is 0 Å². The van der Waals surface area contributed by atoms with Crippen LogP contribution < -0.4 is 15.2 Å². The maximum atomic E-state index is 14.7. The number of amides is 1. The van der Waals surface area contributed by atoms with Crippen LogP contribution in [0.1, 0.15) is 52.5 Å². The summed E-state index contributed by atoms with van der Waals surface area (Å²) in [5.74, 6) is -1.17. The molecule has 36 heavy (non-hydrogen) atoms. The zero-order chi connectivity index (χ0) is 25.2. The van der Waals surface area contributed by atoms with Gasteiger partial charge in [-0.15, -0.1) is 0 Å². The predicted molar refractivity (Wildman–Crippen MR) is 132 cm³/mol. The average molecular weight is 490 g/mol. The first-order valence-electron chi connectivity index (χ1n) is 12.1. The lowest BCUT2D eigenvalue weighted by atomic mass is 9.83. The molecule has 1 atom stereocenters. The van der Waals surface area contributed by atoms with Crippen LogP contribution in [0.5, 0.6) is 5.75 Å². The van der Waals surface area contributed by atoms with E-state index in [2.05, 4.69) is 0 Å². The van der Waals surface area contributed by atoms with Crippen LogP contribution in [-0.2, 0) is 12.0 Å². The first kappa shape index (κ1) is 22.5. The summed E-state index contributed by atoms with van der Waals surface area (Å²) in [4.78, 5) is 27.7. The number of unbranched alkanes of at least 4 members (excludes halogenated alkanes) is 1. The number of carbonyl (C=O) groups is 1. The van der Waals surface area contributed by atoms with Crippen molar-refractivity contribution in [3.05, 3.63) is 104 Å². The molecule has 0 N–H and O–H groups in total. The third kappa shape index (κ3) is 3.00. The molecule has 0 fully saturated rings. The van der Waals surface area contributed by atoms with E-state index >= 15 is 0 Å². The normalized spacial score (nSPS) is 19.6. The summed E-state index contributed by atoms with van der Waals surface area (Å²) in [6, 6.07) is 10.7. The quantitative estimate of drug-likeness (QED) is 0.505. The summed E-state index contributed by atoms with van der Waals surface area (Å²) in [5.41, 5.74) is 2.74. The largest absolute Gasteiger partial charge is 0.487 e. The van der Waals surface area contributed by atoms with Gasteiger partial charge in [-0.05, 0) is 64.9 Å². The Bertz CT molecular complexity index is 1510. The minimum absolute atomic E-state index is 0.00986. The Hall–Kier alpha value is -3.94. The SMILES string of the molecule is CCCCOc1c2n(ccc1=O)N(C13C(=Cc4ccc(F)cc41)Cc1ccc(F)cc13)CN(C)C2=O. The van der Waals surface area contributed by atoms with E-state index in [0.29, 0.717) is 24.2 Å². The van der Waals surface area contributed by atoms with Crippen molar-refractivity contribution in [3.8, 4) is 5.75 Å².